The van der Waals surface area contributed by atoms with Crippen molar-refractivity contribution < 1.29 is 9.13 Å². The van der Waals surface area contributed by atoms with Crippen LogP contribution in [0.5, 0.6) is 5.75 Å². The highest BCUT2D eigenvalue weighted by Gasteiger charge is 2.19. The Kier molecular flexibility index (Phi) is 4.63. The maximum Gasteiger partial charge on any atom is 0.284 e. The summed E-state index contributed by atoms with van der Waals surface area (Å²) in [6.45, 7) is 0.437. The molecular weight excluding hydrogens is 457 g/mol. The van der Waals surface area contributed by atoms with Crippen LogP contribution < -0.4 is 10.3 Å². The monoisotopic (exact) mass is 473 g/mol. The van der Waals surface area contributed by atoms with Crippen molar-refractivity contribution >= 4 is 44.3 Å². The number of aromatic nitrogens is 5. The third kappa shape index (κ3) is 3.14. The van der Waals surface area contributed by atoms with Crippen LogP contribution >= 0.6 is 11.6 Å². The summed E-state index contributed by atoms with van der Waals surface area (Å²) in [5.41, 5.74) is 2.76. The largest absolute Gasteiger partial charge is 0.497 e. The van der Waals surface area contributed by atoms with Gasteiger partial charge >= 0.3 is 0 Å². The highest BCUT2D eigenvalue weighted by Crippen LogP contribution is 2.31. The number of nitrogens with one attached hydrogen (secondary N) is 1. The number of aromatic amines is 1. The van der Waals surface area contributed by atoms with E-state index < -0.39 is 5.82 Å². The molecule has 3 aromatic carbocycles. The fourth-order valence-electron chi connectivity index (χ4n) is 4.31. The molecule has 0 saturated carbocycles. The number of hydrogen-bond acceptors (Lipinski definition) is 4. The fraction of sp³-hybridized carbons (Fsp3) is 0.0800. The zero-order valence-corrected chi connectivity index (χ0v) is 18.7. The van der Waals surface area contributed by atoms with E-state index in [-0.39, 0.29) is 16.1 Å². The number of halogens is 2. The van der Waals surface area contributed by atoms with Gasteiger partial charge in [-0.3, -0.25) is 19.1 Å². The van der Waals surface area contributed by atoms with Crippen LogP contribution in [0.25, 0.3) is 38.4 Å². The number of benzene rings is 3. The Balaban J connectivity index is 1.63. The summed E-state index contributed by atoms with van der Waals surface area (Å²) in [6.07, 6.45) is 3.42. The van der Waals surface area contributed by atoms with Crippen LogP contribution in [0.2, 0.25) is 5.02 Å². The predicted molar refractivity (Wildman–Crippen MR) is 130 cm³/mol. The summed E-state index contributed by atoms with van der Waals surface area (Å²) in [5.74, 6) is 0.189. The number of H-pyrrole nitrogens is 1. The molecule has 1 N–H and O–H groups in total. The van der Waals surface area contributed by atoms with Gasteiger partial charge in [-0.05, 0) is 42.0 Å². The summed E-state index contributed by atoms with van der Waals surface area (Å²) in [5, 5.41) is 13.4. The molecule has 9 heteroatoms. The van der Waals surface area contributed by atoms with Crippen molar-refractivity contribution in [3.63, 3.8) is 0 Å². The van der Waals surface area contributed by atoms with E-state index in [4.69, 9.17) is 16.3 Å². The van der Waals surface area contributed by atoms with Crippen molar-refractivity contribution in [1.82, 2.24) is 24.5 Å². The number of ether oxygens (including phenoxy) is 1. The van der Waals surface area contributed by atoms with Gasteiger partial charge in [0.05, 0.1) is 41.6 Å². The standard InChI is InChI=1S/C25H17ClFN5O2/c1-34-15-7-5-14(6-8-15)12-31-13-18-16-9-20(27)19(26)10-23(16)32(25(33)24(18)30-31)22-4-2-3-21-17(22)11-28-29-21/h2-11,13H,12H2,1H3,(H,28,29). The van der Waals surface area contributed by atoms with Crippen LogP contribution in [0, 0.1) is 5.82 Å². The van der Waals surface area contributed by atoms with Crippen LogP contribution in [-0.2, 0) is 6.54 Å². The second-order valence-corrected chi connectivity index (χ2v) is 8.38. The molecule has 0 aliphatic heterocycles. The molecule has 0 unspecified atom stereocenters. The first-order valence-corrected chi connectivity index (χ1v) is 10.9. The molecule has 0 amide bonds. The Hall–Kier alpha value is -4.17. The molecule has 0 atom stereocenters. The molecule has 3 aromatic heterocycles. The summed E-state index contributed by atoms with van der Waals surface area (Å²) in [4.78, 5) is 13.8. The summed E-state index contributed by atoms with van der Waals surface area (Å²) >= 11 is 6.15. The van der Waals surface area contributed by atoms with E-state index >= 15 is 0 Å². The molecule has 0 bridgehead atoms. The summed E-state index contributed by atoms with van der Waals surface area (Å²) in [6, 6.07) is 15.9. The van der Waals surface area contributed by atoms with Gasteiger partial charge in [0.2, 0.25) is 0 Å². The van der Waals surface area contributed by atoms with Gasteiger partial charge in [0.15, 0.2) is 5.52 Å². The van der Waals surface area contributed by atoms with Gasteiger partial charge in [-0.2, -0.15) is 10.2 Å². The lowest BCUT2D eigenvalue weighted by molar-refractivity contribution is 0.414. The van der Waals surface area contributed by atoms with Gasteiger partial charge in [-0.15, -0.1) is 0 Å². The van der Waals surface area contributed by atoms with Crippen molar-refractivity contribution in [2.24, 2.45) is 0 Å². The summed E-state index contributed by atoms with van der Waals surface area (Å²) in [7, 11) is 1.61. The summed E-state index contributed by atoms with van der Waals surface area (Å²) < 4.78 is 23.0. The van der Waals surface area contributed by atoms with Gasteiger partial charge < -0.3 is 4.74 Å². The first kappa shape index (κ1) is 20.4. The molecule has 0 radical (unpaired) electrons. The maximum atomic E-state index is 14.6. The Morgan fingerprint density at radius 2 is 1.91 bits per heavy atom. The van der Waals surface area contributed by atoms with Gasteiger partial charge in [-0.25, -0.2) is 4.39 Å². The molecule has 3 heterocycles. The highest BCUT2D eigenvalue weighted by atomic mass is 35.5. The molecule has 0 spiro atoms. The SMILES string of the molecule is COc1ccc(Cn2cc3c(n2)c(=O)n(-c2cccc4[nH]ncc24)c2cc(Cl)c(F)cc32)cc1. The third-order valence-corrected chi connectivity index (χ3v) is 6.23. The van der Waals surface area contributed by atoms with Crippen molar-refractivity contribution in [3.8, 4) is 11.4 Å². The van der Waals surface area contributed by atoms with Crippen LogP contribution in [0.4, 0.5) is 4.39 Å². The molecule has 0 saturated heterocycles. The number of fused-ring (bicyclic) bond motifs is 4. The molecular formula is C25H17ClFN5O2. The predicted octanol–water partition coefficient (Wildman–Crippen LogP) is 5.07. The number of hydrogen-bond donors (Lipinski definition) is 1. The van der Waals surface area contributed by atoms with E-state index in [2.05, 4.69) is 15.3 Å². The molecule has 6 rings (SSSR count). The zero-order valence-electron chi connectivity index (χ0n) is 17.9. The van der Waals surface area contributed by atoms with Crippen LogP contribution in [-0.4, -0.2) is 31.7 Å². The smallest absolute Gasteiger partial charge is 0.284 e. The molecule has 0 fully saturated rings. The molecule has 7 nitrogen and oxygen atoms in total. The first-order chi connectivity index (χ1) is 16.5. The average Bonchev–Trinajstić information content (AvgIpc) is 3.49. The second-order valence-electron chi connectivity index (χ2n) is 7.97. The van der Waals surface area contributed by atoms with Crippen molar-refractivity contribution in [3.05, 3.63) is 93.7 Å². The molecule has 34 heavy (non-hydrogen) atoms. The number of methoxy groups -OCH3 is 1. The quantitative estimate of drug-likeness (QED) is 0.388. The minimum Gasteiger partial charge on any atom is -0.497 e. The minimum atomic E-state index is -0.565. The lowest BCUT2D eigenvalue weighted by atomic mass is 10.1. The fourth-order valence-corrected chi connectivity index (χ4v) is 4.47. The Labute approximate surface area is 196 Å². The highest BCUT2D eigenvalue weighted by molar-refractivity contribution is 6.31. The Morgan fingerprint density at radius 1 is 1.09 bits per heavy atom. The van der Waals surface area contributed by atoms with E-state index in [1.807, 2.05) is 42.5 Å². The van der Waals surface area contributed by atoms with Gasteiger partial charge in [-0.1, -0.05) is 29.8 Å². The number of rotatable bonds is 4. The maximum absolute atomic E-state index is 14.6. The van der Waals surface area contributed by atoms with Gasteiger partial charge in [0, 0.05) is 22.4 Å². The van der Waals surface area contributed by atoms with Crippen LogP contribution in [0.3, 0.4) is 0 Å². The van der Waals surface area contributed by atoms with E-state index in [1.54, 1.807) is 24.2 Å². The Morgan fingerprint density at radius 3 is 2.71 bits per heavy atom. The molecule has 6 aromatic rings. The van der Waals surface area contributed by atoms with E-state index in [0.717, 1.165) is 22.2 Å². The molecule has 0 aliphatic carbocycles. The van der Waals surface area contributed by atoms with Crippen molar-refractivity contribution in [2.45, 2.75) is 6.54 Å². The van der Waals surface area contributed by atoms with Crippen LogP contribution in [0.15, 0.2) is 71.8 Å². The average molecular weight is 474 g/mol. The first-order valence-electron chi connectivity index (χ1n) is 10.5. The topological polar surface area (TPSA) is 77.7 Å². The zero-order chi connectivity index (χ0) is 23.4. The van der Waals surface area contributed by atoms with Crippen molar-refractivity contribution in [2.75, 3.05) is 7.11 Å². The Bertz CT molecular complexity index is 1770. The van der Waals surface area contributed by atoms with Gasteiger partial charge in [0.1, 0.15) is 11.6 Å². The van der Waals surface area contributed by atoms with Crippen LogP contribution in [0.1, 0.15) is 5.56 Å². The number of pyridine rings is 1. The van der Waals surface area contributed by atoms with E-state index in [0.29, 0.717) is 28.5 Å². The molecule has 168 valence electrons. The second kappa shape index (κ2) is 7.71. The minimum absolute atomic E-state index is 0.0648. The lowest BCUT2D eigenvalue weighted by Gasteiger charge is -2.12. The van der Waals surface area contributed by atoms with E-state index in [1.165, 1.54) is 16.7 Å². The third-order valence-electron chi connectivity index (χ3n) is 5.94. The lowest BCUT2D eigenvalue weighted by Crippen LogP contribution is -2.20. The van der Waals surface area contributed by atoms with Crippen molar-refractivity contribution in [1.29, 1.82) is 0 Å². The van der Waals surface area contributed by atoms with E-state index in [9.17, 15) is 9.18 Å². The molecule has 0 aliphatic rings. The van der Waals surface area contributed by atoms with Gasteiger partial charge in [0.25, 0.3) is 5.56 Å². The number of nitrogens with zero attached hydrogens (tertiary/aromatic N) is 4. The normalized spacial score (nSPS) is 11.6.